The van der Waals surface area contributed by atoms with Crippen molar-refractivity contribution in [1.82, 2.24) is 9.78 Å². The summed E-state index contributed by atoms with van der Waals surface area (Å²) in [6.07, 6.45) is 0.981. The molecule has 0 aliphatic heterocycles. The average molecular weight is 450 g/mol. The topological polar surface area (TPSA) is 69.3 Å². The van der Waals surface area contributed by atoms with Gasteiger partial charge in [0, 0.05) is 16.8 Å². The van der Waals surface area contributed by atoms with Crippen molar-refractivity contribution in [2.24, 2.45) is 0 Å². The number of ether oxygens (including phenoxy) is 1. The molecule has 6 nitrogen and oxygen atoms in total. The molecule has 0 fully saturated rings. The fourth-order valence-electron chi connectivity index (χ4n) is 3.27. The summed E-state index contributed by atoms with van der Waals surface area (Å²) in [6.45, 7) is 4.84. The minimum Gasteiger partial charge on any atom is -0.486 e. The van der Waals surface area contributed by atoms with Gasteiger partial charge >= 0.3 is 0 Å². The van der Waals surface area contributed by atoms with Crippen LogP contribution in [0.25, 0.3) is 0 Å². The van der Waals surface area contributed by atoms with E-state index in [4.69, 9.17) is 20.8 Å². The maximum absolute atomic E-state index is 12.6. The van der Waals surface area contributed by atoms with Crippen molar-refractivity contribution in [3.8, 4) is 5.75 Å². The van der Waals surface area contributed by atoms with Gasteiger partial charge in [-0.2, -0.15) is 5.10 Å². The Morgan fingerprint density at radius 3 is 2.66 bits per heavy atom. The van der Waals surface area contributed by atoms with Crippen LogP contribution in [-0.4, -0.2) is 15.7 Å². The van der Waals surface area contributed by atoms with Crippen molar-refractivity contribution < 1.29 is 13.9 Å². The van der Waals surface area contributed by atoms with Crippen molar-refractivity contribution >= 4 is 23.3 Å². The van der Waals surface area contributed by atoms with E-state index in [9.17, 15) is 4.79 Å². The van der Waals surface area contributed by atoms with Crippen LogP contribution in [0.2, 0.25) is 5.02 Å². The molecule has 0 saturated carbocycles. The molecule has 1 amide bonds. The molecule has 164 valence electrons. The van der Waals surface area contributed by atoms with E-state index in [1.54, 1.807) is 12.1 Å². The van der Waals surface area contributed by atoms with E-state index in [0.717, 1.165) is 23.4 Å². The van der Waals surface area contributed by atoms with Gasteiger partial charge < -0.3 is 14.5 Å². The summed E-state index contributed by atoms with van der Waals surface area (Å²) < 4.78 is 13.2. The lowest BCUT2D eigenvalue weighted by Gasteiger charge is -2.05. The van der Waals surface area contributed by atoms with E-state index in [1.807, 2.05) is 66.2 Å². The Labute approximate surface area is 191 Å². The molecule has 0 bridgehead atoms. The van der Waals surface area contributed by atoms with Crippen molar-refractivity contribution in [2.75, 3.05) is 5.32 Å². The van der Waals surface area contributed by atoms with E-state index in [2.05, 4.69) is 17.3 Å². The number of benzene rings is 2. The molecular formula is C25H24ClN3O3. The average Bonchev–Trinajstić information content (AvgIpc) is 3.39. The Hall–Kier alpha value is -3.51. The number of carbonyl (C=O) groups is 1. The van der Waals surface area contributed by atoms with Crippen molar-refractivity contribution in [1.29, 1.82) is 0 Å². The van der Waals surface area contributed by atoms with Gasteiger partial charge in [-0.05, 0) is 60.9 Å². The third-order valence-electron chi connectivity index (χ3n) is 5.04. The van der Waals surface area contributed by atoms with Crippen LogP contribution in [0.5, 0.6) is 5.75 Å². The van der Waals surface area contributed by atoms with Crippen LogP contribution >= 0.6 is 11.6 Å². The van der Waals surface area contributed by atoms with Gasteiger partial charge in [-0.3, -0.25) is 9.48 Å². The SMILES string of the molecule is CCc1ccc(OCc2ccc(C(=O)Nc3cc(C)n(Cc4cccc(Cl)c4)n3)o2)cc1. The van der Waals surface area contributed by atoms with Gasteiger partial charge in [0.15, 0.2) is 11.6 Å². The van der Waals surface area contributed by atoms with Crippen LogP contribution < -0.4 is 10.1 Å². The molecule has 4 aromatic rings. The van der Waals surface area contributed by atoms with Crippen LogP contribution in [0, 0.1) is 6.92 Å². The van der Waals surface area contributed by atoms with Crippen LogP contribution in [0.4, 0.5) is 5.82 Å². The van der Waals surface area contributed by atoms with Gasteiger partial charge in [0.1, 0.15) is 18.1 Å². The second-order valence-electron chi connectivity index (χ2n) is 7.46. The van der Waals surface area contributed by atoms with Gasteiger partial charge in [0.05, 0.1) is 6.54 Å². The zero-order chi connectivity index (χ0) is 22.5. The molecule has 0 radical (unpaired) electrons. The molecule has 2 heterocycles. The Morgan fingerprint density at radius 1 is 1.09 bits per heavy atom. The Kier molecular flexibility index (Phi) is 6.61. The first-order valence-electron chi connectivity index (χ1n) is 10.4. The number of hydrogen-bond acceptors (Lipinski definition) is 4. The third kappa shape index (κ3) is 5.39. The zero-order valence-corrected chi connectivity index (χ0v) is 18.7. The molecule has 7 heteroatoms. The quantitative estimate of drug-likeness (QED) is 0.364. The summed E-state index contributed by atoms with van der Waals surface area (Å²) in [7, 11) is 0. The first-order chi connectivity index (χ1) is 15.5. The Balaban J connectivity index is 1.35. The smallest absolute Gasteiger partial charge is 0.292 e. The molecule has 2 aromatic carbocycles. The first-order valence-corrected chi connectivity index (χ1v) is 10.8. The molecule has 0 atom stereocenters. The monoisotopic (exact) mass is 449 g/mol. The van der Waals surface area contributed by atoms with E-state index in [1.165, 1.54) is 5.56 Å². The minimum atomic E-state index is -0.365. The van der Waals surface area contributed by atoms with Crippen molar-refractivity contribution in [3.63, 3.8) is 0 Å². The molecule has 0 saturated heterocycles. The number of carbonyl (C=O) groups excluding carboxylic acids is 1. The van der Waals surface area contributed by atoms with Gasteiger partial charge in [-0.15, -0.1) is 0 Å². The fourth-order valence-corrected chi connectivity index (χ4v) is 3.48. The Morgan fingerprint density at radius 2 is 1.91 bits per heavy atom. The number of nitrogens with zero attached hydrogens (tertiary/aromatic N) is 2. The van der Waals surface area contributed by atoms with E-state index >= 15 is 0 Å². The fraction of sp³-hybridized carbons (Fsp3) is 0.200. The maximum Gasteiger partial charge on any atom is 0.292 e. The number of nitrogens with one attached hydrogen (secondary N) is 1. The van der Waals surface area contributed by atoms with Crippen molar-refractivity contribution in [3.05, 3.63) is 100 Å². The zero-order valence-electron chi connectivity index (χ0n) is 18.0. The van der Waals surface area contributed by atoms with Crippen LogP contribution in [0.1, 0.15) is 40.1 Å². The lowest BCUT2D eigenvalue weighted by Crippen LogP contribution is -2.12. The van der Waals surface area contributed by atoms with Gasteiger partial charge in [0.2, 0.25) is 0 Å². The van der Waals surface area contributed by atoms with Crippen LogP contribution in [-0.2, 0) is 19.6 Å². The minimum absolute atomic E-state index is 0.201. The summed E-state index contributed by atoms with van der Waals surface area (Å²) in [4.78, 5) is 12.6. The predicted octanol–water partition coefficient (Wildman–Crippen LogP) is 5.88. The number of hydrogen-bond donors (Lipinski definition) is 1. The molecule has 1 N–H and O–H groups in total. The molecular weight excluding hydrogens is 426 g/mol. The molecule has 0 spiro atoms. The highest BCUT2D eigenvalue weighted by molar-refractivity contribution is 6.30. The van der Waals surface area contributed by atoms with Crippen molar-refractivity contribution in [2.45, 2.75) is 33.4 Å². The van der Waals surface area contributed by atoms with E-state index in [-0.39, 0.29) is 18.3 Å². The van der Waals surface area contributed by atoms with Gasteiger partial charge in [-0.1, -0.05) is 42.8 Å². The summed E-state index contributed by atoms with van der Waals surface area (Å²) in [5.74, 6) is 1.62. The highest BCUT2D eigenvalue weighted by Crippen LogP contribution is 2.18. The molecule has 4 rings (SSSR count). The number of amides is 1. The second kappa shape index (κ2) is 9.75. The summed E-state index contributed by atoms with van der Waals surface area (Å²) in [5.41, 5.74) is 3.20. The molecule has 2 aromatic heterocycles. The lowest BCUT2D eigenvalue weighted by atomic mass is 10.2. The number of aromatic nitrogens is 2. The van der Waals surface area contributed by atoms with E-state index < -0.39 is 0 Å². The Bertz CT molecular complexity index is 1210. The normalized spacial score (nSPS) is 10.8. The highest BCUT2D eigenvalue weighted by atomic mass is 35.5. The van der Waals surface area contributed by atoms with E-state index in [0.29, 0.717) is 23.1 Å². The molecule has 0 aliphatic rings. The predicted molar refractivity (Wildman–Crippen MR) is 124 cm³/mol. The molecule has 32 heavy (non-hydrogen) atoms. The highest BCUT2D eigenvalue weighted by Gasteiger charge is 2.14. The molecule has 0 aliphatic carbocycles. The summed E-state index contributed by atoms with van der Waals surface area (Å²) in [5, 5.41) is 7.93. The number of anilines is 1. The largest absolute Gasteiger partial charge is 0.486 e. The number of rotatable bonds is 8. The van der Waals surface area contributed by atoms with Crippen LogP contribution in [0.3, 0.4) is 0 Å². The second-order valence-corrected chi connectivity index (χ2v) is 7.90. The van der Waals surface area contributed by atoms with Gasteiger partial charge in [-0.25, -0.2) is 0 Å². The summed E-state index contributed by atoms with van der Waals surface area (Å²) >= 11 is 6.06. The number of furan rings is 1. The third-order valence-corrected chi connectivity index (χ3v) is 5.28. The summed E-state index contributed by atoms with van der Waals surface area (Å²) in [6, 6.07) is 20.7. The van der Waals surface area contributed by atoms with Gasteiger partial charge in [0.25, 0.3) is 5.91 Å². The first kappa shape index (κ1) is 21.7. The molecule has 0 unspecified atom stereocenters. The maximum atomic E-state index is 12.6. The number of aryl methyl sites for hydroxylation is 2. The lowest BCUT2D eigenvalue weighted by molar-refractivity contribution is 0.0992. The standard InChI is InChI=1S/C25H24ClN3O3/c1-3-18-7-9-21(10-8-18)31-16-22-11-12-23(32-22)25(30)27-24-13-17(2)29(28-24)15-19-5-4-6-20(26)14-19/h4-14H,3,15-16H2,1-2H3,(H,27,28,30). The number of halogens is 1. The van der Waals surface area contributed by atoms with Crippen LogP contribution in [0.15, 0.2) is 71.1 Å².